The molecule has 140 valence electrons. The van der Waals surface area contributed by atoms with E-state index in [9.17, 15) is 4.79 Å². The number of aryl methyl sites for hydroxylation is 1. The first-order valence-corrected chi connectivity index (χ1v) is 8.88. The van der Waals surface area contributed by atoms with Crippen molar-refractivity contribution >= 4 is 29.2 Å². The minimum atomic E-state index is -1.82. The van der Waals surface area contributed by atoms with Crippen molar-refractivity contribution in [3.63, 3.8) is 0 Å². The molecular weight excluding hydrogens is 358 g/mol. The lowest BCUT2D eigenvalue weighted by molar-refractivity contribution is -0.159. The van der Waals surface area contributed by atoms with Gasteiger partial charge in [-0.3, -0.25) is 9.69 Å². The Balaban J connectivity index is 0.000000352. The highest BCUT2D eigenvalue weighted by molar-refractivity contribution is 7.12. The highest BCUT2D eigenvalue weighted by Gasteiger charge is 2.22. The van der Waals surface area contributed by atoms with E-state index in [1.165, 1.54) is 17.0 Å². The number of carboxylic acid groups (broad SMARTS) is 2. The van der Waals surface area contributed by atoms with Gasteiger partial charge in [0, 0.05) is 51.7 Å². The molecule has 1 aliphatic rings. The molecule has 2 aromatic heterocycles. The smallest absolute Gasteiger partial charge is 0.414 e. The Kier molecular flexibility index (Phi) is 6.93. The van der Waals surface area contributed by atoms with Gasteiger partial charge in [0.2, 0.25) is 0 Å². The Morgan fingerprint density at radius 2 is 1.69 bits per heavy atom. The van der Waals surface area contributed by atoms with Crippen molar-refractivity contribution in [3.8, 4) is 0 Å². The lowest BCUT2D eigenvalue weighted by atomic mass is 10.2. The summed E-state index contributed by atoms with van der Waals surface area (Å²) in [6.45, 7) is 4.50. The number of carbonyl (C=O) groups is 3. The zero-order chi connectivity index (χ0) is 19.1. The van der Waals surface area contributed by atoms with Gasteiger partial charge in [0.05, 0.1) is 4.88 Å². The average Bonchev–Trinajstić information content (AvgIpc) is 3.28. The Labute approximate surface area is 154 Å². The summed E-state index contributed by atoms with van der Waals surface area (Å²) in [6, 6.07) is 8.07. The van der Waals surface area contributed by atoms with Gasteiger partial charge in [-0.2, -0.15) is 0 Å². The van der Waals surface area contributed by atoms with Crippen LogP contribution in [0.4, 0.5) is 0 Å². The van der Waals surface area contributed by atoms with Gasteiger partial charge in [-0.15, -0.1) is 11.3 Å². The second-order valence-corrected chi connectivity index (χ2v) is 6.71. The third-order valence-corrected chi connectivity index (χ3v) is 4.87. The summed E-state index contributed by atoms with van der Waals surface area (Å²) in [6.07, 6.45) is 2.08. The highest BCUT2D eigenvalue weighted by Crippen LogP contribution is 2.15. The van der Waals surface area contributed by atoms with Crippen LogP contribution < -0.4 is 0 Å². The van der Waals surface area contributed by atoms with E-state index >= 15 is 0 Å². The number of amides is 1. The molecule has 0 bridgehead atoms. The number of aromatic nitrogens is 1. The fraction of sp³-hybridized carbons (Fsp3) is 0.353. The molecular formula is C17H21N3O5S. The maximum absolute atomic E-state index is 12.3. The van der Waals surface area contributed by atoms with Gasteiger partial charge in [0.15, 0.2) is 0 Å². The molecule has 1 saturated heterocycles. The molecule has 2 N–H and O–H groups in total. The van der Waals surface area contributed by atoms with E-state index in [0.717, 1.165) is 37.6 Å². The monoisotopic (exact) mass is 379 g/mol. The quantitative estimate of drug-likeness (QED) is 0.777. The number of nitrogens with zero attached hydrogens (tertiary/aromatic N) is 3. The van der Waals surface area contributed by atoms with E-state index in [4.69, 9.17) is 19.8 Å². The van der Waals surface area contributed by atoms with Gasteiger partial charge in [0.25, 0.3) is 5.91 Å². The number of hydrogen-bond acceptors (Lipinski definition) is 5. The van der Waals surface area contributed by atoms with Crippen molar-refractivity contribution in [1.82, 2.24) is 14.4 Å². The summed E-state index contributed by atoms with van der Waals surface area (Å²) >= 11 is 1.52. The van der Waals surface area contributed by atoms with Crippen LogP contribution in [0.1, 0.15) is 15.4 Å². The van der Waals surface area contributed by atoms with Crippen LogP contribution in [-0.2, 0) is 23.2 Å². The molecule has 1 aliphatic heterocycles. The molecule has 3 rings (SSSR count). The molecule has 26 heavy (non-hydrogen) atoms. The van der Waals surface area contributed by atoms with E-state index in [0.29, 0.717) is 0 Å². The Bertz CT molecular complexity index is 736. The molecule has 0 aromatic carbocycles. The van der Waals surface area contributed by atoms with E-state index in [-0.39, 0.29) is 5.91 Å². The first-order valence-electron chi connectivity index (χ1n) is 8.00. The Morgan fingerprint density at radius 3 is 2.15 bits per heavy atom. The van der Waals surface area contributed by atoms with Crippen molar-refractivity contribution in [3.05, 3.63) is 46.4 Å². The third-order valence-electron chi connectivity index (χ3n) is 4.01. The van der Waals surface area contributed by atoms with E-state index < -0.39 is 11.9 Å². The summed E-state index contributed by atoms with van der Waals surface area (Å²) in [7, 11) is 2.08. The van der Waals surface area contributed by atoms with Crippen LogP contribution in [-0.4, -0.2) is 68.6 Å². The highest BCUT2D eigenvalue weighted by atomic mass is 32.1. The Hall–Kier alpha value is -2.65. The minimum absolute atomic E-state index is 0.179. The molecule has 9 heteroatoms. The maximum Gasteiger partial charge on any atom is 0.414 e. The summed E-state index contributed by atoms with van der Waals surface area (Å²) in [4.78, 5) is 35.7. The largest absolute Gasteiger partial charge is 0.473 e. The number of thiophene rings is 1. The molecule has 8 nitrogen and oxygen atoms in total. The van der Waals surface area contributed by atoms with E-state index in [1.54, 1.807) is 0 Å². The SMILES string of the molecule is Cn1cccc1CN1CCN(C(=O)c2cccs2)CC1.O=C(O)C(=O)O. The normalized spacial score (nSPS) is 14.4. The summed E-state index contributed by atoms with van der Waals surface area (Å²) in [5.74, 6) is -3.47. The van der Waals surface area contributed by atoms with Crippen LogP contribution in [0.3, 0.4) is 0 Å². The second-order valence-electron chi connectivity index (χ2n) is 5.77. The molecule has 0 radical (unpaired) electrons. The summed E-state index contributed by atoms with van der Waals surface area (Å²) < 4.78 is 2.16. The fourth-order valence-electron chi connectivity index (χ4n) is 2.56. The zero-order valence-electron chi connectivity index (χ0n) is 14.4. The lowest BCUT2D eigenvalue weighted by Gasteiger charge is -2.34. The predicted molar refractivity (Wildman–Crippen MR) is 96.2 cm³/mol. The van der Waals surface area contributed by atoms with Crippen LogP contribution >= 0.6 is 11.3 Å². The number of rotatable bonds is 3. The van der Waals surface area contributed by atoms with E-state index in [1.807, 2.05) is 22.4 Å². The number of carbonyl (C=O) groups excluding carboxylic acids is 1. The van der Waals surface area contributed by atoms with Crippen molar-refractivity contribution in [2.75, 3.05) is 26.2 Å². The molecule has 0 saturated carbocycles. The first kappa shape index (κ1) is 19.7. The van der Waals surface area contributed by atoms with Crippen LogP contribution in [0.5, 0.6) is 0 Å². The predicted octanol–water partition coefficient (Wildman–Crippen LogP) is 1.20. The molecule has 0 atom stereocenters. The summed E-state index contributed by atoms with van der Waals surface area (Å²) in [5.41, 5.74) is 1.32. The first-order chi connectivity index (χ1) is 12.4. The van der Waals surface area contributed by atoms with Gasteiger partial charge >= 0.3 is 11.9 Å². The number of aliphatic carboxylic acids is 2. The topological polar surface area (TPSA) is 103 Å². The van der Waals surface area contributed by atoms with Crippen molar-refractivity contribution < 1.29 is 24.6 Å². The van der Waals surface area contributed by atoms with Crippen molar-refractivity contribution in [1.29, 1.82) is 0 Å². The van der Waals surface area contributed by atoms with Crippen LogP contribution in [0, 0.1) is 0 Å². The molecule has 1 amide bonds. The lowest BCUT2D eigenvalue weighted by Crippen LogP contribution is -2.48. The standard InChI is InChI=1S/C15H19N3OS.C2H2O4/c1-16-6-2-4-13(16)12-17-7-9-18(10-8-17)15(19)14-5-3-11-20-14;3-1(4)2(5)6/h2-6,11H,7-10,12H2,1H3;(H,3,4)(H,5,6). The average molecular weight is 379 g/mol. The van der Waals surface area contributed by atoms with Gasteiger partial charge in [-0.05, 0) is 23.6 Å². The van der Waals surface area contributed by atoms with Crippen LogP contribution in [0.25, 0.3) is 0 Å². The third kappa shape index (κ3) is 5.43. The Morgan fingerprint density at radius 1 is 1.04 bits per heavy atom. The minimum Gasteiger partial charge on any atom is -0.473 e. The molecule has 0 unspecified atom stereocenters. The van der Waals surface area contributed by atoms with Crippen LogP contribution in [0.15, 0.2) is 35.8 Å². The van der Waals surface area contributed by atoms with Crippen molar-refractivity contribution in [2.45, 2.75) is 6.54 Å². The van der Waals surface area contributed by atoms with Gasteiger partial charge in [-0.25, -0.2) is 9.59 Å². The number of hydrogen-bond donors (Lipinski definition) is 2. The van der Waals surface area contributed by atoms with Gasteiger partial charge < -0.3 is 19.7 Å². The molecule has 1 fully saturated rings. The number of carboxylic acids is 2. The molecule has 0 spiro atoms. The second kappa shape index (κ2) is 9.16. The number of piperazine rings is 1. The maximum atomic E-state index is 12.3. The fourth-order valence-corrected chi connectivity index (χ4v) is 3.25. The van der Waals surface area contributed by atoms with Gasteiger partial charge in [-0.1, -0.05) is 6.07 Å². The molecule has 3 heterocycles. The molecule has 2 aromatic rings. The summed E-state index contributed by atoms with van der Waals surface area (Å²) in [5, 5.41) is 16.7. The zero-order valence-corrected chi connectivity index (χ0v) is 15.2. The van der Waals surface area contributed by atoms with Gasteiger partial charge in [0.1, 0.15) is 0 Å². The molecule has 0 aliphatic carbocycles. The van der Waals surface area contributed by atoms with E-state index in [2.05, 4.69) is 34.8 Å². The van der Waals surface area contributed by atoms with Crippen molar-refractivity contribution in [2.24, 2.45) is 7.05 Å². The van der Waals surface area contributed by atoms with Crippen LogP contribution in [0.2, 0.25) is 0 Å².